The second-order valence-electron chi connectivity index (χ2n) is 3.69. The van der Waals surface area contributed by atoms with Crippen LogP contribution in [0.25, 0.3) is 0 Å². The molecule has 1 unspecified atom stereocenters. The average Bonchev–Trinajstić information content (AvgIpc) is 2.56. The number of nitrogens with one attached hydrogen (secondary N) is 2. The van der Waals surface area contributed by atoms with Gasteiger partial charge >= 0.3 is 12.0 Å². The van der Waals surface area contributed by atoms with E-state index >= 15 is 0 Å². The van der Waals surface area contributed by atoms with Crippen molar-refractivity contribution in [2.75, 3.05) is 0 Å². The zero-order valence-corrected chi connectivity index (χ0v) is 9.90. The van der Waals surface area contributed by atoms with Crippen LogP contribution in [0.2, 0.25) is 0 Å². The lowest BCUT2D eigenvalue weighted by molar-refractivity contribution is -0.138. The summed E-state index contributed by atoms with van der Waals surface area (Å²) in [5.41, 5.74) is 1.50. The zero-order valence-electron chi connectivity index (χ0n) is 9.90. The SMILES string of the molecule is Cc1noc(C)c1CNC(=O)NC(C)C(=O)O. The molecule has 0 aliphatic heterocycles. The predicted octanol–water partition coefficient (Wildman–Crippen LogP) is 0.564. The minimum absolute atomic E-state index is 0.249. The standard InChI is InChI=1S/C10H15N3O4/c1-5-8(7(3)17-13-5)4-11-10(16)12-6(2)9(14)15/h6H,4H2,1-3H3,(H,14,15)(H2,11,12,16). The van der Waals surface area contributed by atoms with E-state index in [4.69, 9.17) is 9.63 Å². The maximum absolute atomic E-state index is 11.3. The molecule has 17 heavy (non-hydrogen) atoms. The Morgan fingerprint density at radius 1 is 1.47 bits per heavy atom. The molecule has 0 aliphatic rings. The van der Waals surface area contributed by atoms with E-state index in [-0.39, 0.29) is 6.54 Å². The quantitative estimate of drug-likeness (QED) is 0.714. The molecule has 0 bridgehead atoms. The summed E-state index contributed by atoms with van der Waals surface area (Å²) in [6.45, 7) is 5.15. The lowest BCUT2D eigenvalue weighted by Gasteiger charge is -2.10. The number of nitrogens with zero attached hydrogens (tertiary/aromatic N) is 1. The average molecular weight is 241 g/mol. The summed E-state index contributed by atoms with van der Waals surface area (Å²) in [6.07, 6.45) is 0. The second-order valence-corrected chi connectivity index (χ2v) is 3.69. The minimum atomic E-state index is -1.09. The largest absolute Gasteiger partial charge is 0.480 e. The number of carboxylic acids is 1. The first-order chi connectivity index (χ1) is 7.91. The number of carbonyl (C=O) groups excluding carboxylic acids is 1. The minimum Gasteiger partial charge on any atom is -0.480 e. The molecule has 7 heteroatoms. The number of urea groups is 1. The summed E-state index contributed by atoms with van der Waals surface area (Å²) in [7, 11) is 0. The maximum Gasteiger partial charge on any atom is 0.325 e. The highest BCUT2D eigenvalue weighted by atomic mass is 16.5. The number of hydrogen-bond acceptors (Lipinski definition) is 4. The Morgan fingerprint density at radius 2 is 2.12 bits per heavy atom. The Labute approximate surface area is 98.2 Å². The van der Waals surface area contributed by atoms with Crippen LogP contribution in [-0.2, 0) is 11.3 Å². The van der Waals surface area contributed by atoms with E-state index in [2.05, 4.69) is 15.8 Å². The number of aliphatic carboxylic acids is 1. The van der Waals surface area contributed by atoms with Crippen LogP contribution in [0.4, 0.5) is 4.79 Å². The van der Waals surface area contributed by atoms with E-state index in [1.54, 1.807) is 13.8 Å². The lowest BCUT2D eigenvalue weighted by atomic mass is 10.2. The monoisotopic (exact) mass is 241 g/mol. The van der Waals surface area contributed by atoms with Gasteiger partial charge in [-0.3, -0.25) is 4.79 Å². The van der Waals surface area contributed by atoms with Gasteiger partial charge in [-0.25, -0.2) is 4.79 Å². The van der Waals surface area contributed by atoms with Crippen LogP contribution in [0.5, 0.6) is 0 Å². The van der Waals surface area contributed by atoms with Gasteiger partial charge < -0.3 is 20.3 Å². The van der Waals surface area contributed by atoms with Crippen molar-refractivity contribution >= 4 is 12.0 Å². The number of amides is 2. The highest BCUT2D eigenvalue weighted by molar-refractivity contribution is 5.82. The first-order valence-electron chi connectivity index (χ1n) is 5.10. The van der Waals surface area contributed by atoms with E-state index in [0.717, 1.165) is 5.56 Å². The number of aromatic nitrogens is 1. The molecule has 7 nitrogen and oxygen atoms in total. The molecule has 1 heterocycles. The van der Waals surface area contributed by atoms with Gasteiger partial charge in [0.15, 0.2) is 0 Å². The summed E-state index contributed by atoms with van der Waals surface area (Å²) in [6, 6.07) is -1.47. The summed E-state index contributed by atoms with van der Waals surface area (Å²) in [5.74, 6) is -0.452. The van der Waals surface area contributed by atoms with Gasteiger partial charge in [-0.1, -0.05) is 5.16 Å². The number of carboxylic acid groups (broad SMARTS) is 1. The zero-order chi connectivity index (χ0) is 13.0. The van der Waals surface area contributed by atoms with Crippen molar-refractivity contribution in [3.63, 3.8) is 0 Å². The Hall–Kier alpha value is -2.05. The fraction of sp³-hybridized carbons (Fsp3) is 0.500. The highest BCUT2D eigenvalue weighted by Gasteiger charge is 2.15. The molecule has 1 aromatic rings. The molecule has 3 N–H and O–H groups in total. The first kappa shape index (κ1) is 13.0. The van der Waals surface area contributed by atoms with Crippen molar-refractivity contribution in [3.05, 3.63) is 17.0 Å². The number of hydrogen-bond donors (Lipinski definition) is 3. The predicted molar refractivity (Wildman–Crippen MR) is 58.4 cm³/mol. The van der Waals surface area contributed by atoms with Crippen LogP contribution < -0.4 is 10.6 Å². The summed E-state index contributed by atoms with van der Waals surface area (Å²) in [5, 5.41) is 17.2. The first-order valence-corrected chi connectivity index (χ1v) is 5.10. The Kier molecular flexibility index (Phi) is 4.08. The van der Waals surface area contributed by atoms with Crippen LogP contribution in [0.1, 0.15) is 23.9 Å². The molecule has 0 spiro atoms. The van der Waals surface area contributed by atoms with Gasteiger partial charge in [-0.2, -0.15) is 0 Å². The molecule has 1 aromatic heterocycles. The second kappa shape index (κ2) is 5.33. The van der Waals surface area contributed by atoms with E-state index in [1.807, 2.05) is 0 Å². The van der Waals surface area contributed by atoms with Gasteiger partial charge in [-0.05, 0) is 20.8 Å². The third kappa shape index (κ3) is 3.47. The molecule has 0 fully saturated rings. The molecular formula is C10H15N3O4. The van der Waals surface area contributed by atoms with Crippen LogP contribution in [-0.4, -0.2) is 28.3 Å². The molecule has 0 aliphatic carbocycles. The molecule has 0 aromatic carbocycles. The van der Waals surface area contributed by atoms with E-state index in [0.29, 0.717) is 11.5 Å². The van der Waals surface area contributed by atoms with Gasteiger partial charge in [0.25, 0.3) is 0 Å². The van der Waals surface area contributed by atoms with Crippen molar-refractivity contribution in [1.82, 2.24) is 15.8 Å². The van der Waals surface area contributed by atoms with Crippen LogP contribution in [0.15, 0.2) is 4.52 Å². The van der Waals surface area contributed by atoms with Gasteiger partial charge in [0.1, 0.15) is 11.8 Å². The Balaban J connectivity index is 2.46. The third-order valence-corrected chi connectivity index (χ3v) is 2.32. The van der Waals surface area contributed by atoms with E-state index < -0.39 is 18.0 Å². The molecule has 0 saturated carbocycles. The van der Waals surface area contributed by atoms with Crippen molar-refractivity contribution in [1.29, 1.82) is 0 Å². The lowest BCUT2D eigenvalue weighted by Crippen LogP contribution is -2.44. The Morgan fingerprint density at radius 3 is 2.59 bits per heavy atom. The summed E-state index contributed by atoms with van der Waals surface area (Å²) in [4.78, 5) is 21.8. The van der Waals surface area contributed by atoms with Crippen molar-refractivity contribution in [2.24, 2.45) is 0 Å². The normalized spacial score (nSPS) is 11.9. The molecular weight excluding hydrogens is 226 g/mol. The van der Waals surface area contributed by atoms with Gasteiger partial charge in [0.2, 0.25) is 0 Å². The third-order valence-electron chi connectivity index (χ3n) is 2.32. The van der Waals surface area contributed by atoms with Gasteiger partial charge in [-0.15, -0.1) is 0 Å². The van der Waals surface area contributed by atoms with E-state index in [9.17, 15) is 9.59 Å². The maximum atomic E-state index is 11.3. The topological polar surface area (TPSA) is 104 Å². The number of aryl methyl sites for hydroxylation is 2. The molecule has 1 atom stereocenters. The molecule has 0 saturated heterocycles. The van der Waals surface area contributed by atoms with E-state index in [1.165, 1.54) is 6.92 Å². The van der Waals surface area contributed by atoms with Gasteiger partial charge in [0, 0.05) is 12.1 Å². The van der Waals surface area contributed by atoms with Crippen molar-refractivity contribution in [2.45, 2.75) is 33.4 Å². The van der Waals surface area contributed by atoms with Crippen LogP contribution in [0, 0.1) is 13.8 Å². The fourth-order valence-corrected chi connectivity index (χ4v) is 1.23. The van der Waals surface area contributed by atoms with Crippen LogP contribution >= 0.6 is 0 Å². The summed E-state index contributed by atoms with van der Waals surface area (Å²) >= 11 is 0. The van der Waals surface area contributed by atoms with Crippen LogP contribution in [0.3, 0.4) is 0 Å². The summed E-state index contributed by atoms with van der Waals surface area (Å²) < 4.78 is 4.93. The van der Waals surface area contributed by atoms with Crippen molar-refractivity contribution in [3.8, 4) is 0 Å². The van der Waals surface area contributed by atoms with Crippen molar-refractivity contribution < 1.29 is 19.2 Å². The molecule has 94 valence electrons. The molecule has 2 amide bonds. The number of carbonyl (C=O) groups is 2. The smallest absolute Gasteiger partial charge is 0.325 e. The highest BCUT2D eigenvalue weighted by Crippen LogP contribution is 2.11. The molecule has 0 radical (unpaired) electrons. The molecule has 1 rings (SSSR count). The Bertz CT molecular complexity index is 408. The fourth-order valence-electron chi connectivity index (χ4n) is 1.23. The van der Waals surface area contributed by atoms with Gasteiger partial charge in [0.05, 0.1) is 5.69 Å². The number of rotatable bonds is 4.